The molecule has 3 heterocycles. The molecule has 0 radical (unpaired) electrons. The summed E-state index contributed by atoms with van der Waals surface area (Å²) in [6.45, 7) is 0. The molecule has 0 spiro atoms. The normalized spacial score (nSPS) is 10.8. The Bertz CT molecular complexity index is 686. The van der Waals surface area contributed by atoms with Crippen molar-refractivity contribution in [1.29, 1.82) is 0 Å². The van der Waals surface area contributed by atoms with Crippen molar-refractivity contribution >= 4 is 11.5 Å². The second kappa shape index (κ2) is 4.10. The Labute approximate surface area is 105 Å². The number of imidazole rings is 1. The van der Waals surface area contributed by atoms with E-state index < -0.39 is 0 Å². The monoisotopic (exact) mass is 239 g/mol. The molecule has 0 aromatic carbocycles. The lowest BCUT2D eigenvalue weighted by Crippen LogP contribution is -2.12. The lowest BCUT2D eigenvalue weighted by Gasteiger charge is -2.15. The molecule has 18 heavy (non-hydrogen) atoms. The second-order valence-electron chi connectivity index (χ2n) is 4.22. The van der Waals surface area contributed by atoms with Crippen molar-refractivity contribution in [2.45, 2.75) is 0 Å². The lowest BCUT2D eigenvalue weighted by molar-refractivity contribution is 1.06. The molecule has 3 aromatic rings. The maximum Gasteiger partial charge on any atom is 0.155 e. The summed E-state index contributed by atoms with van der Waals surface area (Å²) in [5, 5.41) is 0. The molecule has 90 valence electrons. The van der Waals surface area contributed by atoms with Crippen LogP contribution in [0, 0.1) is 0 Å². The molecule has 0 atom stereocenters. The first-order chi connectivity index (χ1) is 8.77. The van der Waals surface area contributed by atoms with E-state index in [9.17, 15) is 0 Å². The first kappa shape index (κ1) is 10.7. The number of hydrogen-bond donors (Lipinski definition) is 0. The molecule has 0 aliphatic heterocycles. The molecule has 5 nitrogen and oxygen atoms in total. The number of hydrogen-bond acceptors (Lipinski definition) is 4. The maximum absolute atomic E-state index is 4.41. The van der Waals surface area contributed by atoms with Gasteiger partial charge in [-0.3, -0.25) is 9.38 Å². The number of fused-ring (bicyclic) bond motifs is 1. The highest BCUT2D eigenvalue weighted by atomic mass is 15.1. The van der Waals surface area contributed by atoms with Crippen LogP contribution >= 0.6 is 0 Å². The van der Waals surface area contributed by atoms with Crippen LogP contribution in [-0.4, -0.2) is 33.4 Å². The van der Waals surface area contributed by atoms with E-state index in [1.807, 2.05) is 47.9 Å². The minimum absolute atomic E-state index is 0.834. The van der Waals surface area contributed by atoms with Gasteiger partial charge in [-0.2, -0.15) is 0 Å². The zero-order valence-corrected chi connectivity index (χ0v) is 10.3. The van der Waals surface area contributed by atoms with Crippen molar-refractivity contribution in [2.75, 3.05) is 19.0 Å². The minimum Gasteiger partial charge on any atom is -0.362 e. The van der Waals surface area contributed by atoms with Gasteiger partial charge in [0, 0.05) is 38.2 Å². The predicted octanol–water partition coefficient (Wildman–Crippen LogP) is 1.86. The second-order valence-corrected chi connectivity index (χ2v) is 4.22. The molecular formula is C13H13N5. The number of nitrogens with zero attached hydrogens (tertiary/aromatic N) is 5. The molecule has 0 saturated heterocycles. The number of pyridine rings is 1. The van der Waals surface area contributed by atoms with E-state index in [1.54, 1.807) is 18.6 Å². The van der Waals surface area contributed by atoms with E-state index >= 15 is 0 Å². The van der Waals surface area contributed by atoms with Gasteiger partial charge in [-0.25, -0.2) is 9.97 Å². The Balaban J connectivity index is 2.27. The van der Waals surface area contributed by atoms with E-state index in [4.69, 9.17) is 0 Å². The van der Waals surface area contributed by atoms with Gasteiger partial charge in [0.2, 0.25) is 0 Å². The highest BCUT2D eigenvalue weighted by molar-refractivity contribution is 5.74. The topological polar surface area (TPSA) is 46.3 Å². The summed E-state index contributed by atoms with van der Waals surface area (Å²) in [5.41, 5.74) is 2.91. The average molecular weight is 239 g/mol. The van der Waals surface area contributed by atoms with Gasteiger partial charge in [0.1, 0.15) is 5.82 Å². The molecule has 5 heteroatoms. The van der Waals surface area contributed by atoms with Gasteiger partial charge < -0.3 is 4.90 Å². The van der Waals surface area contributed by atoms with Gasteiger partial charge in [-0.05, 0) is 12.1 Å². The third-order valence-electron chi connectivity index (χ3n) is 2.80. The van der Waals surface area contributed by atoms with E-state index in [2.05, 4.69) is 15.0 Å². The summed E-state index contributed by atoms with van der Waals surface area (Å²) in [7, 11) is 3.97. The third-order valence-corrected chi connectivity index (χ3v) is 2.80. The van der Waals surface area contributed by atoms with Gasteiger partial charge in [-0.15, -0.1) is 0 Å². The van der Waals surface area contributed by atoms with Gasteiger partial charge in [-0.1, -0.05) is 0 Å². The third kappa shape index (κ3) is 1.60. The van der Waals surface area contributed by atoms with Crippen LogP contribution in [0.25, 0.3) is 16.9 Å². The van der Waals surface area contributed by atoms with Crippen LogP contribution in [0.4, 0.5) is 5.82 Å². The molecule has 0 bridgehead atoms. The molecule has 0 N–H and O–H groups in total. The van der Waals surface area contributed by atoms with Crippen LogP contribution in [-0.2, 0) is 0 Å². The van der Waals surface area contributed by atoms with Crippen LogP contribution in [0.3, 0.4) is 0 Å². The first-order valence-electron chi connectivity index (χ1n) is 5.67. The lowest BCUT2D eigenvalue weighted by atomic mass is 10.2. The first-order valence-corrected chi connectivity index (χ1v) is 5.67. The van der Waals surface area contributed by atoms with E-state index in [0.717, 1.165) is 22.7 Å². The van der Waals surface area contributed by atoms with Crippen molar-refractivity contribution in [2.24, 2.45) is 0 Å². The van der Waals surface area contributed by atoms with E-state index in [-0.39, 0.29) is 0 Å². The Morgan fingerprint density at radius 1 is 1.11 bits per heavy atom. The molecule has 0 aliphatic rings. The Morgan fingerprint density at radius 2 is 2.00 bits per heavy atom. The fraction of sp³-hybridized carbons (Fsp3) is 0.154. The summed E-state index contributed by atoms with van der Waals surface area (Å²) in [5.74, 6) is 0.927. The van der Waals surface area contributed by atoms with Gasteiger partial charge in [0.25, 0.3) is 0 Å². The van der Waals surface area contributed by atoms with E-state index in [0.29, 0.717) is 0 Å². The molecular weight excluding hydrogens is 226 g/mol. The summed E-state index contributed by atoms with van der Waals surface area (Å²) >= 11 is 0. The van der Waals surface area contributed by atoms with Crippen molar-refractivity contribution in [3.05, 3.63) is 43.1 Å². The summed E-state index contributed by atoms with van der Waals surface area (Å²) in [6.07, 6.45) is 9.05. The Morgan fingerprint density at radius 3 is 2.83 bits per heavy atom. The smallest absolute Gasteiger partial charge is 0.155 e. The fourth-order valence-electron chi connectivity index (χ4n) is 1.99. The maximum atomic E-state index is 4.41. The van der Waals surface area contributed by atoms with Gasteiger partial charge in [0.05, 0.1) is 18.1 Å². The molecule has 0 unspecified atom stereocenters. The van der Waals surface area contributed by atoms with Crippen molar-refractivity contribution < 1.29 is 0 Å². The standard InChI is InChI=1S/C13H13N5/c1-17(2)13-10(4-3-5-15-13)11-8-16-12-9-14-6-7-18(11)12/h3-9H,1-2H3. The minimum atomic E-state index is 0.834. The molecule has 3 aromatic heterocycles. The SMILES string of the molecule is CN(C)c1ncccc1-c1cnc2cnccn12. The van der Waals surface area contributed by atoms with Crippen LogP contribution < -0.4 is 4.90 Å². The fourth-order valence-corrected chi connectivity index (χ4v) is 1.99. The zero-order chi connectivity index (χ0) is 12.5. The van der Waals surface area contributed by atoms with Crippen molar-refractivity contribution in [3.8, 4) is 11.3 Å². The molecule has 0 saturated carbocycles. The summed E-state index contributed by atoms with van der Waals surface area (Å²) in [4.78, 5) is 14.8. The highest BCUT2D eigenvalue weighted by Gasteiger charge is 2.11. The molecule has 0 fully saturated rings. The molecule has 0 aliphatic carbocycles. The van der Waals surface area contributed by atoms with Crippen LogP contribution in [0.1, 0.15) is 0 Å². The molecule has 0 amide bonds. The quantitative estimate of drug-likeness (QED) is 0.684. The summed E-state index contributed by atoms with van der Waals surface area (Å²) in [6, 6.07) is 3.98. The van der Waals surface area contributed by atoms with Crippen molar-refractivity contribution in [3.63, 3.8) is 0 Å². The van der Waals surface area contributed by atoms with Gasteiger partial charge >= 0.3 is 0 Å². The number of aromatic nitrogens is 4. The predicted molar refractivity (Wildman–Crippen MR) is 70.5 cm³/mol. The van der Waals surface area contributed by atoms with Crippen LogP contribution in [0.15, 0.2) is 43.1 Å². The largest absolute Gasteiger partial charge is 0.362 e. The van der Waals surface area contributed by atoms with Crippen LogP contribution in [0.5, 0.6) is 0 Å². The van der Waals surface area contributed by atoms with E-state index in [1.165, 1.54) is 0 Å². The number of rotatable bonds is 2. The molecule has 3 rings (SSSR count). The van der Waals surface area contributed by atoms with Gasteiger partial charge in [0.15, 0.2) is 5.65 Å². The average Bonchev–Trinajstić information content (AvgIpc) is 2.82. The summed E-state index contributed by atoms with van der Waals surface area (Å²) < 4.78 is 2.01. The Hall–Kier alpha value is -2.43. The Kier molecular flexibility index (Phi) is 2.44. The van der Waals surface area contributed by atoms with Crippen molar-refractivity contribution in [1.82, 2.24) is 19.4 Å². The zero-order valence-electron chi connectivity index (χ0n) is 10.3. The van der Waals surface area contributed by atoms with Crippen LogP contribution in [0.2, 0.25) is 0 Å². The number of anilines is 1. The highest BCUT2D eigenvalue weighted by Crippen LogP contribution is 2.27.